The fourth-order valence-corrected chi connectivity index (χ4v) is 2.81. The zero-order valence-electron chi connectivity index (χ0n) is 15.5. The standard InChI is InChI=1S/C22H28FNO2/c1-2-3-4-5-6-7-15-26-22-13-11-19(16-20(22)23)21-12-10-18(17-24-21)9-8-14-25/h10-14,16-17H,2-9,15H2,1H3. The van der Waals surface area contributed by atoms with Gasteiger partial charge in [-0.1, -0.05) is 45.1 Å². The van der Waals surface area contributed by atoms with Crippen molar-refractivity contribution in [2.45, 2.75) is 58.3 Å². The minimum Gasteiger partial charge on any atom is -0.491 e. The van der Waals surface area contributed by atoms with E-state index in [2.05, 4.69) is 11.9 Å². The van der Waals surface area contributed by atoms with Crippen LogP contribution >= 0.6 is 0 Å². The Labute approximate surface area is 155 Å². The molecule has 2 rings (SSSR count). The lowest BCUT2D eigenvalue weighted by molar-refractivity contribution is -0.107. The zero-order chi connectivity index (χ0) is 18.6. The largest absolute Gasteiger partial charge is 0.491 e. The monoisotopic (exact) mass is 357 g/mol. The van der Waals surface area contributed by atoms with Gasteiger partial charge in [0.15, 0.2) is 11.6 Å². The third-order valence-corrected chi connectivity index (χ3v) is 4.36. The number of hydrogen-bond donors (Lipinski definition) is 0. The number of benzene rings is 1. The van der Waals surface area contributed by atoms with Crippen LogP contribution in [0.4, 0.5) is 4.39 Å². The second kappa shape index (κ2) is 11.4. The first-order chi connectivity index (χ1) is 12.7. The van der Waals surface area contributed by atoms with Crippen LogP contribution in [0.1, 0.15) is 57.4 Å². The van der Waals surface area contributed by atoms with Gasteiger partial charge in [-0.15, -0.1) is 0 Å². The van der Waals surface area contributed by atoms with E-state index in [1.807, 2.05) is 18.2 Å². The van der Waals surface area contributed by atoms with Crippen molar-refractivity contribution < 1.29 is 13.9 Å². The van der Waals surface area contributed by atoms with Gasteiger partial charge in [-0.2, -0.15) is 0 Å². The van der Waals surface area contributed by atoms with Crippen LogP contribution in [0.5, 0.6) is 5.75 Å². The second-order valence-corrected chi connectivity index (χ2v) is 6.52. The van der Waals surface area contributed by atoms with Gasteiger partial charge in [-0.05, 0) is 42.7 Å². The number of unbranched alkanes of at least 4 members (excludes halogenated alkanes) is 5. The molecule has 0 spiro atoms. The molecule has 0 N–H and O–H groups in total. The van der Waals surface area contributed by atoms with Gasteiger partial charge < -0.3 is 9.53 Å². The Kier molecular flexibility index (Phi) is 8.81. The van der Waals surface area contributed by atoms with Gasteiger partial charge >= 0.3 is 0 Å². The number of rotatable bonds is 12. The molecule has 1 aromatic heterocycles. The maximum Gasteiger partial charge on any atom is 0.165 e. The molecule has 26 heavy (non-hydrogen) atoms. The summed E-state index contributed by atoms with van der Waals surface area (Å²) in [5, 5.41) is 0. The molecular formula is C22H28FNO2. The molecule has 0 aliphatic heterocycles. The van der Waals surface area contributed by atoms with Gasteiger partial charge in [0, 0.05) is 18.2 Å². The predicted molar refractivity (Wildman–Crippen MR) is 103 cm³/mol. The van der Waals surface area contributed by atoms with Crippen molar-refractivity contribution >= 4 is 6.29 Å². The number of halogens is 1. The Balaban J connectivity index is 1.85. The summed E-state index contributed by atoms with van der Waals surface area (Å²) in [5.41, 5.74) is 2.43. The molecule has 140 valence electrons. The molecule has 1 aromatic carbocycles. The summed E-state index contributed by atoms with van der Waals surface area (Å²) in [6.45, 7) is 2.75. The van der Waals surface area contributed by atoms with E-state index in [0.717, 1.165) is 30.3 Å². The van der Waals surface area contributed by atoms with E-state index in [0.29, 0.717) is 30.9 Å². The number of ether oxygens (including phenoxy) is 1. The van der Waals surface area contributed by atoms with E-state index >= 15 is 0 Å². The van der Waals surface area contributed by atoms with Crippen LogP contribution in [0.3, 0.4) is 0 Å². The van der Waals surface area contributed by atoms with Gasteiger partial charge in [0.05, 0.1) is 12.3 Å². The fourth-order valence-electron chi connectivity index (χ4n) is 2.81. The van der Waals surface area contributed by atoms with Crippen molar-refractivity contribution in [3.8, 4) is 17.0 Å². The van der Waals surface area contributed by atoms with Crippen LogP contribution in [0.25, 0.3) is 11.3 Å². The third-order valence-electron chi connectivity index (χ3n) is 4.36. The van der Waals surface area contributed by atoms with E-state index < -0.39 is 0 Å². The zero-order valence-corrected chi connectivity index (χ0v) is 15.5. The molecule has 0 radical (unpaired) electrons. The first-order valence-electron chi connectivity index (χ1n) is 9.56. The number of aldehydes is 1. The lowest BCUT2D eigenvalue weighted by atomic mass is 10.1. The lowest BCUT2D eigenvalue weighted by Gasteiger charge is -2.09. The van der Waals surface area contributed by atoms with Crippen molar-refractivity contribution in [3.63, 3.8) is 0 Å². The van der Waals surface area contributed by atoms with Crippen LogP contribution in [0.2, 0.25) is 0 Å². The van der Waals surface area contributed by atoms with E-state index in [-0.39, 0.29) is 5.82 Å². The molecular weight excluding hydrogens is 329 g/mol. The molecule has 0 fully saturated rings. The molecule has 0 aliphatic carbocycles. The Morgan fingerprint density at radius 2 is 1.88 bits per heavy atom. The smallest absolute Gasteiger partial charge is 0.165 e. The molecule has 0 amide bonds. The first kappa shape index (κ1) is 20.1. The Morgan fingerprint density at radius 1 is 1.08 bits per heavy atom. The van der Waals surface area contributed by atoms with Crippen LogP contribution in [0, 0.1) is 5.82 Å². The first-order valence-corrected chi connectivity index (χ1v) is 9.56. The highest BCUT2D eigenvalue weighted by Gasteiger charge is 2.07. The SMILES string of the molecule is CCCCCCCCOc1ccc(-c2ccc(CCC=O)cn2)cc1F. The van der Waals surface area contributed by atoms with Crippen molar-refractivity contribution in [3.05, 3.63) is 47.9 Å². The van der Waals surface area contributed by atoms with Gasteiger partial charge in [-0.3, -0.25) is 4.98 Å². The summed E-state index contributed by atoms with van der Waals surface area (Å²) >= 11 is 0. The molecule has 0 unspecified atom stereocenters. The minimum absolute atomic E-state index is 0.296. The van der Waals surface area contributed by atoms with Crippen LogP contribution in [-0.4, -0.2) is 17.9 Å². The van der Waals surface area contributed by atoms with Crippen molar-refractivity contribution in [2.75, 3.05) is 6.61 Å². The second-order valence-electron chi connectivity index (χ2n) is 6.52. The molecule has 0 saturated carbocycles. The maximum atomic E-state index is 14.3. The number of hydrogen-bond acceptors (Lipinski definition) is 3. The van der Waals surface area contributed by atoms with E-state index in [1.54, 1.807) is 12.3 Å². The Morgan fingerprint density at radius 3 is 2.58 bits per heavy atom. The van der Waals surface area contributed by atoms with Crippen molar-refractivity contribution in [2.24, 2.45) is 0 Å². The van der Waals surface area contributed by atoms with E-state index in [9.17, 15) is 9.18 Å². The van der Waals surface area contributed by atoms with Crippen molar-refractivity contribution in [1.29, 1.82) is 0 Å². The highest BCUT2D eigenvalue weighted by Crippen LogP contribution is 2.25. The minimum atomic E-state index is -0.361. The number of aryl methyl sites for hydroxylation is 1. The van der Waals surface area contributed by atoms with Gasteiger partial charge in [0.2, 0.25) is 0 Å². The quantitative estimate of drug-likeness (QED) is 0.358. The van der Waals surface area contributed by atoms with E-state index in [4.69, 9.17) is 4.74 Å². The Hall–Kier alpha value is -2.23. The van der Waals surface area contributed by atoms with E-state index in [1.165, 1.54) is 31.7 Å². The van der Waals surface area contributed by atoms with Gasteiger partial charge in [-0.25, -0.2) is 4.39 Å². The topological polar surface area (TPSA) is 39.2 Å². The van der Waals surface area contributed by atoms with Gasteiger partial charge in [0.1, 0.15) is 6.29 Å². The molecule has 4 heteroatoms. The molecule has 0 atom stereocenters. The number of carbonyl (C=O) groups excluding carboxylic acids is 1. The van der Waals surface area contributed by atoms with Crippen LogP contribution in [-0.2, 0) is 11.2 Å². The fraction of sp³-hybridized carbons (Fsp3) is 0.455. The summed E-state index contributed by atoms with van der Waals surface area (Å²) in [6.07, 6.45) is 10.9. The summed E-state index contributed by atoms with van der Waals surface area (Å²) in [4.78, 5) is 14.8. The molecule has 3 nitrogen and oxygen atoms in total. The molecule has 0 saturated heterocycles. The number of nitrogens with zero attached hydrogens (tertiary/aromatic N) is 1. The third kappa shape index (κ3) is 6.58. The summed E-state index contributed by atoms with van der Waals surface area (Å²) < 4.78 is 19.8. The molecule has 2 aromatic rings. The summed E-state index contributed by atoms with van der Waals surface area (Å²) in [5.74, 6) is -0.0646. The number of aromatic nitrogens is 1. The highest BCUT2D eigenvalue weighted by atomic mass is 19.1. The number of pyridine rings is 1. The number of carbonyl (C=O) groups is 1. The van der Waals surface area contributed by atoms with Crippen molar-refractivity contribution in [1.82, 2.24) is 4.98 Å². The van der Waals surface area contributed by atoms with Gasteiger partial charge in [0.25, 0.3) is 0 Å². The lowest BCUT2D eigenvalue weighted by Crippen LogP contribution is -1.99. The maximum absolute atomic E-state index is 14.3. The average molecular weight is 357 g/mol. The Bertz CT molecular complexity index is 670. The molecule has 0 aliphatic rings. The normalized spacial score (nSPS) is 10.7. The molecule has 1 heterocycles. The highest BCUT2D eigenvalue weighted by molar-refractivity contribution is 5.60. The van der Waals surface area contributed by atoms with Crippen LogP contribution in [0.15, 0.2) is 36.5 Å². The predicted octanol–water partition coefficient (Wildman–Crippen LogP) is 5.76. The summed E-state index contributed by atoms with van der Waals surface area (Å²) in [6, 6.07) is 8.74. The average Bonchev–Trinajstić information content (AvgIpc) is 2.67. The van der Waals surface area contributed by atoms with Crippen LogP contribution < -0.4 is 4.74 Å². The summed E-state index contributed by atoms with van der Waals surface area (Å²) in [7, 11) is 0. The molecule has 0 bridgehead atoms.